The van der Waals surface area contributed by atoms with Crippen molar-refractivity contribution in [3.8, 4) is 0 Å². The molecule has 0 saturated carbocycles. The molecule has 0 aliphatic carbocycles. The van der Waals surface area contributed by atoms with Crippen LogP contribution in [0.25, 0.3) is 10.2 Å². The van der Waals surface area contributed by atoms with E-state index in [1.54, 1.807) is 23.5 Å². The standard InChI is InChI=1S/C22H25N3O4S2/c26-22(23-12-4-11-21-25-19-9-1-2-10-20(19)30-21)16-6-3-8-18(14-16)31(27,28)24-15-17-7-5-13-29-17/h1-3,6,8-10,14,17,24H,4-5,7,11-13,15H2,(H,23,26). The van der Waals surface area contributed by atoms with E-state index in [4.69, 9.17) is 4.74 Å². The lowest BCUT2D eigenvalue weighted by Crippen LogP contribution is -2.32. The molecule has 2 N–H and O–H groups in total. The quantitative estimate of drug-likeness (QED) is 0.479. The van der Waals surface area contributed by atoms with Crippen molar-refractivity contribution >= 4 is 37.5 Å². The first-order valence-electron chi connectivity index (χ1n) is 10.4. The number of fused-ring (bicyclic) bond motifs is 1. The molecule has 31 heavy (non-hydrogen) atoms. The van der Waals surface area contributed by atoms with Gasteiger partial charge in [0.1, 0.15) is 0 Å². The molecule has 3 aromatic rings. The molecular weight excluding hydrogens is 434 g/mol. The molecule has 1 aromatic heterocycles. The largest absolute Gasteiger partial charge is 0.377 e. The first kappa shape index (κ1) is 21.9. The Morgan fingerprint density at radius 1 is 1.19 bits per heavy atom. The number of nitrogens with one attached hydrogen (secondary N) is 2. The lowest BCUT2D eigenvalue weighted by molar-refractivity contribution is 0.0953. The van der Waals surface area contributed by atoms with Gasteiger partial charge in [-0.3, -0.25) is 4.79 Å². The second-order valence-electron chi connectivity index (χ2n) is 7.45. The minimum absolute atomic E-state index is 0.0765. The summed E-state index contributed by atoms with van der Waals surface area (Å²) in [5, 5.41) is 3.90. The molecule has 0 spiro atoms. The highest BCUT2D eigenvalue weighted by Crippen LogP contribution is 2.22. The van der Waals surface area contributed by atoms with Crippen molar-refractivity contribution in [2.24, 2.45) is 0 Å². The highest BCUT2D eigenvalue weighted by atomic mass is 32.2. The van der Waals surface area contributed by atoms with Gasteiger partial charge in [-0.05, 0) is 49.6 Å². The van der Waals surface area contributed by atoms with Gasteiger partial charge in [0.2, 0.25) is 10.0 Å². The van der Waals surface area contributed by atoms with Gasteiger partial charge in [-0.2, -0.15) is 0 Å². The van der Waals surface area contributed by atoms with Crippen molar-refractivity contribution in [2.75, 3.05) is 19.7 Å². The number of hydrogen-bond acceptors (Lipinski definition) is 6. The summed E-state index contributed by atoms with van der Waals surface area (Å²) in [6.45, 7) is 1.40. The van der Waals surface area contributed by atoms with E-state index in [9.17, 15) is 13.2 Å². The van der Waals surface area contributed by atoms with Gasteiger partial charge in [-0.15, -0.1) is 11.3 Å². The molecule has 1 saturated heterocycles. The highest BCUT2D eigenvalue weighted by molar-refractivity contribution is 7.89. The lowest BCUT2D eigenvalue weighted by Gasteiger charge is -2.12. The van der Waals surface area contributed by atoms with Gasteiger partial charge in [-0.1, -0.05) is 18.2 Å². The number of carbonyl (C=O) groups is 1. The van der Waals surface area contributed by atoms with Crippen molar-refractivity contribution in [3.63, 3.8) is 0 Å². The van der Waals surface area contributed by atoms with Gasteiger partial charge >= 0.3 is 0 Å². The number of thiazole rings is 1. The van der Waals surface area contributed by atoms with Gasteiger partial charge in [0.15, 0.2) is 0 Å². The Morgan fingerprint density at radius 3 is 2.87 bits per heavy atom. The van der Waals surface area contributed by atoms with Crippen LogP contribution in [0.3, 0.4) is 0 Å². The Balaban J connectivity index is 1.29. The summed E-state index contributed by atoms with van der Waals surface area (Å²) >= 11 is 1.66. The molecule has 9 heteroatoms. The molecule has 7 nitrogen and oxygen atoms in total. The van der Waals surface area contributed by atoms with E-state index in [-0.39, 0.29) is 23.5 Å². The number of rotatable bonds is 9. The minimum Gasteiger partial charge on any atom is -0.377 e. The summed E-state index contributed by atoms with van der Waals surface area (Å²) < 4.78 is 34.3. The summed E-state index contributed by atoms with van der Waals surface area (Å²) in [6, 6.07) is 14.1. The number of sulfonamides is 1. The minimum atomic E-state index is -3.69. The SMILES string of the molecule is O=C(NCCCc1nc2ccccc2s1)c1cccc(S(=O)(=O)NCC2CCCO2)c1. The third-order valence-electron chi connectivity index (χ3n) is 5.12. The number of hydrogen-bond donors (Lipinski definition) is 2. The molecule has 1 unspecified atom stereocenters. The Labute approximate surface area is 185 Å². The Kier molecular flexibility index (Phi) is 6.96. The van der Waals surface area contributed by atoms with Crippen LogP contribution in [0.2, 0.25) is 0 Å². The van der Waals surface area contributed by atoms with E-state index in [1.165, 1.54) is 12.1 Å². The highest BCUT2D eigenvalue weighted by Gasteiger charge is 2.21. The van der Waals surface area contributed by atoms with Gasteiger partial charge in [-0.25, -0.2) is 18.1 Å². The molecule has 1 amide bonds. The van der Waals surface area contributed by atoms with E-state index in [0.29, 0.717) is 18.7 Å². The molecule has 1 aliphatic rings. The fourth-order valence-electron chi connectivity index (χ4n) is 3.47. The molecule has 1 fully saturated rings. The van der Waals surface area contributed by atoms with Gasteiger partial charge in [0, 0.05) is 31.7 Å². The van der Waals surface area contributed by atoms with E-state index in [2.05, 4.69) is 21.1 Å². The Bertz CT molecular complexity index is 1120. The Hall–Kier alpha value is -2.33. The van der Waals surface area contributed by atoms with E-state index < -0.39 is 10.0 Å². The first-order chi connectivity index (χ1) is 15.0. The average molecular weight is 460 g/mol. The maximum atomic E-state index is 12.6. The number of benzene rings is 2. The van der Waals surface area contributed by atoms with Crippen LogP contribution < -0.4 is 10.0 Å². The van der Waals surface area contributed by atoms with E-state index in [0.717, 1.165) is 40.9 Å². The van der Waals surface area contributed by atoms with E-state index in [1.807, 2.05) is 18.2 Å². The monoisotopic (exact) mass is 459 g/mol. The summed E-state index contributed by atoms with van der Waals surface area (Å²) in [7, 11) is -3.69. The maximum Gasteiger partial charge on any atom is 0.251 e. The van der Waals surface area contributed by atoms with Crippen LogP contribution in [-0.4, -0.2) is 45.1 Å². The zero-order valence-corrected chi connectivity index (χ0v) is 18.7. The number of amides is 1. The molecule has 4 rings (SSSR count). The fraction of sp³-hybridized carbons (Fsp3) is 0.364. The maximum absolute atomic E-state index is 12.6. The first-order valence-corrected chi connectivity index (χ1v) is 12.7. The molecule has 1 atom stereocenters. The van der Waals surface area contributed by atoms with Crippen LogP contribution >= 0.6 is 11.3 Å². The van der Waals surface area contributed by atoms with E-state index >= 15 is 0 Å². The van der Waals surface area contributed by atoms with Crippen LogP contribution in [0.4, 0.5) is 0 Å². The van der Waals surface area contributed by atoms with Crippen molar-refractivity contribution in [1.29, 1.82) is 0 Å². The zero-order valence-electron chi connectivity index (χ0n) is 17.0. The van der Waals surface area contributed by atoms with Gasteiger partial charge in [0.25, 0.3) is 5.91 Å². The normalized spacial score (nSPS) is 16.6. The molecule has 0 radical (unpaired) electrons. The lowest BCUT2D eigenvalue weighted by atomic mass is 10.2. The molecule has 2 heterocycles. The third kappa shape index (κ3) is 5.68. The summed E-state index contributed by atoms with van der Waals surface area (Å²) in [4.78, 5) is 17.2. The number of para-hydroxylation sites is 1. The van der Waals surface area contributed by atoms with Crippen molar-refractivity contribution in [3.05, 3.63) is 59.1 Å². The summed E-state index contributed by atoms with van der Waals surface area (Å²) in [5.74, 6) is -0.291. The summed E-state index contributed by atoms with van der Waals surface area (Å²) in [5.41, 5.74) is 1.32. The van der Waals surface area contributed by atoms with Gasteiger partial charge in [0.05, 0.1) is 26.2 Å². The molecule has 1 aliphatic heterocycles. The molecule has 164 valence electrons. The predicted molar refractivity (Wildman–Crippen MR) is 121 cm³/mol. The fourth-order valence-corrected chi connectivity index (χ4v) is 5.59. The number of aryl methyl sites for hydroxylation is 1. The Morgan fingerprint density at radius 2 is 2.06 bits per heavy atom. The zero-order chi connectivity index (χ0) is 21.7. The summed E-state index contributed by atoms with van der Waals surface area (Å²) in [6.07, 6.45) is 3.24. The molecule has 0 bridgehead atoms. The molecule has 2 aromatic carbocycles. The van der Waals surface area contributed by atoms with Crippen LogP contribution in [-0.2, 0) is 21.2 Å². The smallest absolute Gasteiger partial charge is 0.251 e. The topological polar surface area (TPSA) is 97.4 Å². The number of ether oxygens (including phenoxy) is 1. The molecular formula is C22H25N3O4S2. The van der Waals surface area contributed by atoms with Crippen LogP contribution in [0.1, 0.15) is 34.6 Å². The van der Waals surface area contributed by atoms with Crippen LogP contribution in [0.5, 0.6) is 0 Å². The number of nitrogens with zero attached hydrogens (tertiary/aromatic N) is 1. The second kappa shape index (κ2) is 9.86. The van der Waals surface area contributed by atoms with Gasteiger partial charge < -0.3 is 10.1 Å². The number of carbonyl (C=O) groups excluding carboxylic acids is 1. The second-order valence-corrected chi connectivity index (χ2v) is 10.3. The van der Waals surface area contributed by atoms with Crippen LogP contribution in [0.15, 0.2) is 53.4 Å². The van der Waals surface area contributed by atoms with Crippen LogP contribution in [0, 0.1) is 0 Å². The average Bonchev–Trinajstić information content (AvgIpc) is 3.44. The predicted octanol–water partition coefficient (Wildman–Crippen LogP) is 3.12. The third-order valence-corrected chi connectivity index (χ3v) is 7.64. The van der Waals surface area contributed by atoms with Crippen molar-refractivity contribution in [2.45, 2.75) is 36.7 Å². The number of aromatic nitrogens is 1. The van der Waals surface area contributed by atoms with Crippen molar-refractivity contribution < 1.29 is 17.9 Å². The van der Waals surface area contributed by atoms with Crippen molar-refractivity contribution in [1.82, 2.24) is 15.0 Å².